The largest absolute Gasteiger partial charge is 0.382 e. The van der Waals surface area contributed by atoms with Gasteiger partial charge in [0.1, 0.15) is 0 Å². The lowest BCUT2D eigenvalue weighted by atomic mass is 10.2. The molecule has 0 aromatic rings. The van der Waals surface area contributed by atoms with Crippen molar-refractivity contribution >= 4 is 0 Å². The molecule has 0 heterocycles. The maximum absolute atomic E-state index is 5.36. The third kappa shape index (κ3) is 5.37. The van der Waals surface area contributed by atoms with Gasteiger partial charge in [-0.3, -0.25) is 0 Å². The normalized spacial score (nSPS) is 16.6. The molecule has 1 rings (SSSR count). The van der Waals surface area contributed by atoms with Gasteiger partial charge in [-0.2, -0.15) is 0 Å². The van der Waals surface area contributed by atoms with E-state index in [1.54, 1.807) is 7.11 Å². The zero-order valence-electron chi connectivity index (χ0n) is 9.00. The molecular weight excluding hydrogens is 178 g/mol. The molecule has 1 aliphatic carbocycles. The molecule has 0 bridgehead atoms. The van der Waals surface area contributed by atoms with Crippen LogP contribution in [-0.2, 0) is 9.47 Å². The summed E-state index contributed by atoms with van der Waals surface area (Å²) < 4.78 is 10.2. The highest BCUT2D eigenvalue weighted by molar-refractivity contribution is 4.97. The van der Waals surface area contributed by atoms with E-state index >= 15 is 0 Å². The summed E-state index contributed by atoms with van der Waals surface area (Å²) in [5.74, 6) is 0. The average molecular weight is 199 g/mol. The van der Waals surface area contributed by atoms with Gasteiger partial charge in [-0.25, -0.2) is 0 Å². The van der Waals surface area contributed by atoms with Gasteiger partial charge in [0.25, 0.3) is 0 Å². The van der Waals surface area contributed by atoms with Gasteiger partial charge in [-0.05, 0) is 25.8 Å². The molecule has 0 aromatic carbocycles. The second-order valence-electron chi connectivity index (χ2n) is 3.55. The van der Waals surface area contributed by atoms with Crippen LogP contribution in [0.5, 0.6) is 0 Å². The molecule has 14 heavy (non-hydrogen) atoms. The van der Waals surface area contributed by atoms with E-state index in [-0.39, 0.29) is 0 Å². The molecule has 0 aromatic heterocycles. The van der Waals surface area contributed by atoms with Crippen LogP contribution in [0.25, 0.3) is 0 Å². The summed E-state index contributed by atoms with van der Waals surface area (Å²) in [6.07, 6.45) is 7.94. The molecule has 82 valence electrons. The molecule has 3 nitrogen and oxygen atoms in total. The number of hydrogen-bond acceptors (Lipinski definition) is 3. The van der Waals surface area contributed by atoms with Crippen LogP contribution in [-0.4, -0.2) is 39.5 Å². The number of rotatable bonds is 8. The molecule has 0 radical (unpaired) electrons. The third-order valence-electron chi connectivity index (χ3n) is 2.34. The Bertz CT molecular complexity index is 151. The van der Waals surface area contributed by atoms with Crippen LogP contribution in [0, 0.1) is 0 Å². The second-order valence-corrected chi connectivity index (χ2v) is 3.55. The fourth-order valence-electron chi connectivity index (χ4n) is 1.51. The Balaban J connectivity index is 1.75. The summed E-state index contributed by atoms with van der Waals surface area (Å²) in [6.45, 7) is 3.29. The van der Waals surface area contributed by atoms with Gasteiger partial charge in [0.2, 0.25) is 0 Å². The first kappa shape index (κ1) is 11.7. The van der Waals surface area contributed by atoms with Gasteiger partial charge >= 0.3 is 0 Å². The zero-order chi connectivity index (χ0) is 10.1. The van der Waals surface area contributed by atoms with Crippen LogP contribution in [0.1, 0.15) is 19.3 Å². The van der Waals surface area contributed by atoms with Gasteiger partial charge in [0.15, 0.2) is 0 Å². The zero-order valence-corrected chi connectivity index (χ0v) is 9.00. The molecule has 1 aliphatic rings. The summed E-state index contributed by atoms with van der Waals surface area (Å²) in [7, 11) is 1.69. The van der Waals surface area contributed by atoms with Crippen molar-refractivity contribution in [3.05, 3.63) is 12.2 Å². The fraction of sp³-hybridized carbons (Fsp3) is 0.818. The monoisotopic (exact) mass is 199 g/mol. The number of hydrogen-bond donors (Lipinski definition) is 1. The lowest BCUT2D eigenvalue weighted by Gasteiger charge is -2.11. The van der Waals surface area contributed by atoms with Crippen molar-refractivity contribution in [2.45, 2.75) is 25.3 Å². The van der Waals surface area contributed by atoms with Gasteiger partial charge in [-0.15, -0.1) is 0 Å². The first-order valence-electron chi connectivity index (χ1n) is 5.38. The maximum atomic E-state index is 5.36. The topological polar surface area (TPSA) is 30.5 Å². The molecule has 0 saturated carbocycles. The van der Waals surface area contributed by atoms with Crippen LogP contribution in [0.15, 0.2) is 12.2 Å². The third-order valence-corrected chi connectivity index (χ3v) is 2.34. The van der Waals surface area contributed by atoms with Crippen molar-refractivity contribution < 1.29 is 9.47 Å². The molecule has 0 unspecified atom stereocenters. The Morgan fingerprint density at radius 3 is 2.71 bits per heavy atom. The first-order valence-corrected chi connectivity index (χ1v) is 5.38. The molecule has 0 atom stereocenters. The van der Waals surface area contributed by atoms with Gasteiger partial charge < -0.3 is 14.8 Å². The van der Waals surface area contributed by atoms with Crippen molar-refractivity contribution in [1.82, 2.24) is 5.32 Å². The van der Waals surface area contributed by atoms with Gasteiger partial charge in [-0.1, -0.05) is 12.2 Å². The predicted molar refractivity (Wildman–Crippen MR) is 57.5 cm³/mol. The predicted octanol–water partition coefficient (Wildman–Crippen LogP) is 1.35. The van der Waals surface area contributed by atoms with E-state index < -0.39 is 0 Å². The van der Waals surface area contributed by atoms with Crippen LogP contribution in [0.2, 0.25) is 0 Å². The number of ether oxygens (including phenoxy) is 2. The number of nitrogens with one attached hydrogen (secondary N) is 1. The van der Waals surface area contributed by atoms with Crippen molar-refractivity contribution in [1.29, 1.82) is 0 Å². The molecule has 0 amide bonds. The summed E-state index contributed by atoms with van der Waals surface area (Å²) in [4.78, 5) is 0. The molecular formula is C11H21NO2. The Kier molecular flexibility index (Phi) is 6.66. The minimum atomic E-state index is 0.675. The van der Waals surface area contributed by atoms with E-state index in [1.165, 1.54) is 12.8 Å². The fourth-order valence-corrected chi connectivity index (χ4v) is 1.51. The molecule has 0 spiro atoms. The summed E-state index contributed by atoms with van der Waals surface area (Å²) in [5.41, 5.74) is 0. The Morgan fingerprint density at radius 2 is 2.00 bits per heavy atom. The standard InChI is InChI=1S/C11H21NO2/c1-13-9-10-14-8-4-7-12-11-5-2-3-6-11/h2-3,11-12H,4-10H2,1H3. The molecule has 0 fully saturated rings. The summed E-state index contributed by atoms with van der Waals surface area (Å²) >= 11 is 0. The van der Waals surface area contributed by atoms with Gasteiger partial charge in [0, 0.05) is 19.8 Å². The lowest BCUT2D eigenvalue weighted by Crippen LogP contribution is -2.27. The highest BCUT2D eigenvalue weighted by atomic mass is 16.5. The quantitative estimate of drug-likeness (QED) is 0.473. The summed E-state index contributed by atoms with van der Waals surface area (Å²) in [5, 5.41) is 3.50. The maximum Gasteiger partial charge on any atom is 0.0700 e. The van der Waals surface area contributed by atoms with E-state index in [1.807, 2.05) is 0 Å². The Labute approximate surface area is 86.5 Å². The van der Waals surface area contributed by atoms with Crippen molar-refractivity contribution in [2.24, 2.45) is 0 Å². The van der Waals surface area contributed by atoms with Crippen molar-refractivity contribution in [3.8, 4) is 0 Å². The van der Waals surface area contributed by atoms with Crippen LogP contribution in [0.4, 0.5) is 0 Å². The second kappa shape index (κ2) is 7.97. The van der Waals surface area contributed by atoms with E-state index in [4.69, 9.17) is 9.47 Å². The minimum absolute atomic E-state index is 0.675. The molecule has 3 heteroatoms. The lowest BCUT2D eigenvalue weighted by molar-refractivity contribution is 0.0693. The SMILES string of the molecule is COCCOCCCNC1CC=CC1. The van der Waals surface area contributed by atoms with Crippen LogP contribution >= 0.6 is 0 Å². The molecule has 0 aliphatic heterocycles. The smallest absolute Gasteiger partial charge is 0.0700 e. The van der Waals surface area contributed by atoms with E-state index in [2.05, 4.69) is 17.5 Å². The van der Waals surface area contributed by atoms with E-state index in [9.17, 15) is 0 Å². The van der Waals surface area contributed by atoms with E-state index in [0.717, 1.165) is 19.6 Å². The summed E-state index contributed by atoms with van der Waals surface area (Å²) in [6, 6.07) is 0.675. The van der Waals surface area contributed by atoms with Crippen molar-refractivity contribution in [2.75, 3.05) is 33.5 Å². The molecule has 1 N–H and O–H groups in total. The van der Waals surface area contributed by atoms with Crippen molar-refractivity contribution in [3.63, 3.8) is 0 Å². The number of methoxy groups -OCH3 is 1. The minimum Gasteiger partial charge on any atom is -0.382 e. The van der Waals surface area contributed by atoms with Crippen LogP contribution in [0.3, 0.4) is 0 Å². The average Bonchev–Trinajstić information content (AvgIpc) is 2.69. The Hall–Kier alpha value is -0.380. The highest BCUT2D eigenvalue weighted by Gasteiger charge is 2.07. The van der Waals surface area contributed by atoms with Crippen LogP contribution < -0.4 is 5.32 Å². The molecule has 0 saturated heterocycles. The van der Waals surface area contributed by atoms with E-state index in [0.29, 0.717) is 19.3 Å². The first-order chi connectivity index (χ1) is 6.93. The van der Waals surface area contributed by atoms with Gasteiger partial charge in [0.05, 0.1) is 13.2 Å². The highest BCUT2D eigenvalue weighted by Crippen LogP contribution is 2.08. The Morgan fingerprint density at radius 1 is 1.21 bits per heavy atom.